The highest BCUT2D eigenvalue weighted by Crippen LogP contribution is 2.42. The molecule has 0 radical (unpaired) electrons. The standard InChI is InChI=1S/C20H19NO9S/c1-28-19(23)15-10-30-11-21(17(15)20(24)29-2)16-9-13(31(25,26)27)8-14(18(16)22)12-6-4-3-5-7-12/h3-9,22H,10-11H2,1-2H3,(H,25,26,27). The Morgan fingerprint density at radius 1 is 1.06 bits per heavy atom. The second-order valence-corrected chi connectivity index (χ2v) is 7.82. The Morgan fingerprint density at radius 3 is 2.29 bits per heavy atom. The van der Waals surface area contributed by atoms with Crippen LogP contribution in [0.25, 0.3) is 11.1 Å². The van der Waals surface area contributed by atoms with E-state index in [0.717, 1.165) is 31.3 Å². The van der Waals surface area contributed by atoms with Crippen LogP contribution in [0, 0.1) is 0 Å². The van der Waals surface area contributed by atoms with Crippen molar-refractivity contribution in [2.75, 3.05) is 32.5 Å². The molecule has 1 heterocycles. The molecule has 3 rings (SSSR count). The van der Waals surface area contributed by atoms with Crippen molar-refractivity contribution in [3.8, 4) is 16.9 Å². The van der Waals surface area contributed by atoms with E-state index in [1.165, 1.54) is 0 Å². The van der Waals surface area contributed by atoms with Gasteiger partial charge >= 0.3 is 11.9 Å². The van der Waals surface area contributed by atoms with Crippen molar-refractivity contribution in [3.63, 3.8) is 0 Å². The van der Waals surface area contributed by atoms with Gasteiger partial charge in [0, 0.05) is 5.56 Å². The summed E-state index contributed by atoms with van der Waals surface area (Å²) in [6.45, 7) is -0.584. The lowest BCUT2D eigenvalue weighted by molar-refractivity contribution is -0.140. The Labute approximate surface area is 178 Å². The van der Waals surface area contributed by atoms with Crippen molar-refractivity contribution in [1.82, 2.24) is 0 Å². The van der Waals surface area contributed by atoms with E-state index >= 15 is 0 Å². The fraction of sp³-hybridized carbons (Fsp3) is 0.200. The van der Waals surface area contributed by atoms with Crippen molar-refractivity contribution in [3.05, 3.63) is 53.7 Å². The first-order chi connectivity index (χ1) is 14.7. The van der Waals surface area contributed by atoms with Crippen LogP contribution in [0.2, 0.25) is 0 Å². The molecule has 164 valence electrons. The normalized spacial score (nSPS) is 14.4. The molecule has 0 aromatic heterocycles. The minimum atomic E-state index is -4.69. The third-order valence-corrected chi connectivity index (χ3v) is 5.40. The van der Waals surface area contributed by atoms with Gasteiger partial charge < -0.3 is 24.2 Å². The van der Waals surface area contributed by atoms with Crippen LogP contribution in [0.4, 0.5) is 5.69 Å². The number of carbonyl (C=O) groups is 2. The SMILES string of the molecule is COC(=O)C1=C(C(=O)OC)N(c2cc(S(=O)(=O)O)cc(-c3ccccc3)c2O)COC1. The first kappa shape index (κ1) is 22.3. The highest BCUT2D eigenvalue weighted by molar-refractivity contribution is 7.85. The molecular formula is C20H19NO9S. The van der Waals surface area contributed by atoms with Gasteiger partial charge in [-0.25, -0.2) is 9.59 Å². The number of hydrogen-bond donors (Lipinski definition) is 2. The van der Waals surface area contributed by atoms with Crippen LogP contribution in [-0.4, -0.2) is 57.6 Å². The third kappa shape index (κ3) is 4.38. The number of aromatic hydroxyl groups is 1. The Balaban J connectivity index is 2.32. The van der Waals surface area contributed by atoms with Gasteiger partial charge in [-0.05, 0) is 17.7 Å². The summed E-state index contributed by atoms with van der Waals surface area (Å²) in [5, 5.41) is 11.0. The lowest BCUT2D eigenvalue weighted by Crippen LogP contribution is -2.39. The summed E-state index contributed by atoms with van der Waals surface area (Å²) >= 11 is 0. The van der Waals surface area contributed by atoms with Gasteiger partial charge in [0.2, 0.25) is 0 Å². The van der Waals surface area contributed by atoms with E-state index in [2.05, 4.69) is 0 Å². The Kier molecular flexibility index (Phi) is 6.29. The van der Waals surface area contributed by atoms with Crippen LogP contribution < -0.4 is 4.90 Å². The highest BCUT2D eigenvalue weighted by atomic mass is 32.2. The average Bonchev–Trinajstić information content (AvgIpc) is 2.77. The van der Waals surface area contributed by atoms with Crippen LogP contribution in [0.3, 0.4) is 0 Å². The van der Waals surface area contributed by atoms with Crippen LogP contribution >= 0.6 is 0 Å². The van der Waals surface area contributed by atoms with Crippen molar-refractivity contribution in [2.45, 2.75) is 4.90 Å². The number of anilines is 1. The predicted octanol–water partition coefficient (Wildman–Crippen LogP) is 1.70. The molecule has 1 aliphatic rings. The molecule has 2 aromatic rings. The molecule has 0 spiro atoms. The quantitative estimate of drug-likeness (QED) is 0.512. The summed E-state index contributed by atoms with van der Waals surface area (Å²) in [6.07, 6.45) is 0. The molecule has 0 saturated heterocycles. The molecule has 0 fully saturated rings. The first-order valence-corrected chi connectivity index (χ1v) is 10.3. The second kappa shape index (κ2) is 8.76. The summed E-state index contributed by atoms with van der Waals surface area (Å²) < 4.78 is 48.3. The number of phenols is 1. The predicted molar refractivity (Wildman–Crippen MR) is 108 cm³/mol. The largest absolute Gasteiger partial charge is 0.505 e. The fourth-order valence-electron chi connectivity index (χ4n) is 3.12. The molecule has 0 atom stereocenters. The number of phenolic OH excluding ortho intramolecular Hbond substituents is 1. The zero-order valence-corrected chi connectivity index (χ0v) is 17.4. The van der Waals surface area contributed by atoms with E-state index in [-0.39, 0.29) is 35.9 Å². The Hall–Kier alpha value is -3.41. The van der Waals surface area contributed by atoms with Crippen molar-refractivity contribution in [1.29, 1.82) is 0 Å². The van der Waals surface area contributed by atoms with Crippen LogP contribution in [-0.2, 0) is 33.9 Å². The smallest absolute Gasteiger partial charge is 0.355 e. The summed E-state index contributed by atoms with van der Waals surface area (Å²) in [7, 11) is -2.47. The molecule has 0 amide bonds. The number of hydrogen-bond acceptors (Lipinski definition) is 9. The minimum Gasteiger partial charge on any atom is -0.505 e. The van der Waals surface area contributed by atoms with E-state index in [4.69, 9.17) is 14.2 Å². The lowest BCUT2D eigenvalue weighted by Gasteiger charge is -2.32. The number of rotatable bonds is 5. The lowest BCUT2D eigenvalue weighted by atomic mass is 10.0. The number of carbonyl (C=O) groups excluding carboxylic acids is 2. The van der Waals surface area contributed by atoms with Gasteiger partial charge in [-0.2, -0.15) is 8.42 Å². The van der Waals surface area contributed by atoms with E-state index in [1.54, 1.807) is 30.3 Å². The van der Waals surface area contributed by atoms with E-state index in [1.807, 2.05) is 0 Å². The molecule has 2 aromatic carbocycles. The summed E-state index contributed by atoms with van der Waals surface area (Å²) in [4.78, 5) is 25.2. The second-order valence-electron chi connectivity index (χ2n) is 6.40. The van der Waals surface area contributed by atoms with Gasteiger partial charge in [-0.3, -0.25) is 4.55 Å². The van der Waals surface area contributed by atoms with Crippen molar-refractivity contribution in [2.24, 2.45) is 0 Å². The molecule has 0 bridgehead atoms. The molecule has 1 aliphatic heterocycles. The fourth-order valence-corrected chi connectivity index (χ4v) is 3.65. The number of methoxy groups -OCH3 is 2. The van der Waals surface area contributed by atoms with Crippen LogP contribution in [0.1, 0.15) is 0 Å². The monoisotopic (exact) mass is 449 g/mol. The molecule has 10 nitrogen and oxygen atoms in total. The highest BCUT2D eigenvalue weighted by Gasteiger charge is 2.34. The van der Waals surface area contributed by atoms with Crippen LogP contribution in [0.15, 0.2) is 58.6 Å². The van der Waals surface area contributed by atoms with Crippen LogP contribution in [0.5, 0.6) is 5.75 Å². The number of ether oxygens (including phenoxy) is 3. The number of benzene rings is 2. The van der Waals surface area contributed by atoms with Gasteiger partial charge in [0.25, 0.3) is 10.1 Å². The molecule has 2 N–H and O–H groups in total. The van der Waals surface area contributed by atoms with Gasteiger partial charge in [-0.15, -0.1) is 0 Å². The molecule has 11 heteroatoms. The van der Waals surface area contributed by atoms with Gasteiger partial charge in [-0.1, -0.05) is 30.3 Å². The number of nitrogens with zero attached hydrogens (tertiary/aromatic N) is 1. The summed E-state index contributed by atoms with van der Waals surface area (Å²) in [6, 6.07) is 10.4. The Bertz CT molecular complexity index is 1160. The molecule has 0 saturated carbocycles. The van der Waals surface area contributed by atoms with Crippen molar-refractivity contribution < 1.29 is 41.9 Å². The summed E-state index contributed by atoms with van der Waals surface area (Å²) in [5.41, 5.74) is -0.155. The summed E-state index contributed by atoms with van der Waals surface area (Å²) in [5.74, 6) is -2.20. The molecule has 0 unspecified atom stereocenters. The van der Waals surface area contributed by atoms with Gasteiger partial charge in [0.05, 0.1) is 37.0 Å². The van der Waals surface area contributed by atoms with Gasteiger partial charge in [0.15, 0.2) is 0 Å². The maximum absolute atomic E-state index is 12.5. The maximum Gasteiger partial charge on any atom is 0.355 e. The maximum atomic E-state index is 12.5. The number of esters is 2. The zero-order chi connectivity index (χ0) is 22.8. The Morgan fingerprint density at radius 2 is 1.71 bits per heavy atom. The van der Waals surface area contributed by atoms with Gasteiger partial charge in [0.1, 0.15) is 18.2 Å². The topological polar surface area (TPSA) is 140 Å². The first-order valence-electron chi connectivity index (χ1n) is 8.84. The molecule has 31 heavy (non-hydrogen) atoms. The minimum absolute atomic E-state index is 0.0696. The third-order valence-electron chi connectivity index (χ3n) is 4.57. The van der Waals surface area contributed by atoms with Crippen molar-refractivity contribution >= 4 is 27.7 Å². The molecular weight excluding hydrogens is 430 g/mol. The average molecular weight is 449 g/mol. The zero-order valence-electron chi connectivity index (χ0n) is 16.6. The van der Waals surface area contributed by atoms with E-state index in [0.29, 0.717) is 5.56 Å². The van der Waals surface area contributed by atoms with E-state index in [9.17, 15) is 27.7 Å². The van der Waals surface area contributed by atoms with E-state index < -0.39 is 32.7 Å². The molecule has 0 aliphatic carbocycles.